The lowest BCUT2D eigenvalue weighted by Crippen LogP contribution is -2.26. The van der Waals surface area contributed by atoms with Crippen molar-refractivity contribution in [2.24, 2.45) is 0 Å². The molecule has 1 heterocycles. The fraction of sp³-hybridized carbons (Fsp3) is 0.333. The van der Waals surface area contributed by atoms with Crippen LogP contribution in [0.2, 0.25) is 0 Å². The molecule has 1 N–H and O–H groups in total. The molecule has 0 saturated carbocycles. The van der Waals surface area contributed by atoms with Gasteiger partial charge in [0.1, 0.15) is 5.82 Å². The standard InChI is InChI=1S/C21H23F2N3O3/c1-3-26(13-18-24-16-10-6-5-9-15(16)20(27)25-18)12-14-8-7-11-17(28-4-2)19(14)29-21(22)23/h5-11,21H,3-4,12-13H2,1-2H3,(H,24,25,27). The summed E-state index contributed by atoms with van der Waals surface area (Å²) in [5.74, 6) is 0.814. The summed E-state index contributed by atoms with van der Waals surface area (Å²) in [6.07, 6.45) is 0. The molecule has 0 aliphatic heterocycles. The summed E-state index contributed by atoms with van der Waals surface area (Å²) >= 11 is 0. The van der Waals surface area contributed by atoms with Crippen molar-refractivity contribution in [3.8, 4) is 11.5 Å². The summed E-state index contributed by atoms with van der Waals surface area (Å²) < 4.78 is 36.1. The molecule has 3 rings (SSSR count). The molecule has 0 aliphatic carbocycles. The molecule has 0 fully saturated rings. The highest BCUT2D eigenvalue weighted by Gasteiger charge is 2.18. The Morgan fingerprint density at radius 1 is 1.10 bits per heavy atom. The lowest BCUT2D eigenvalue weighted by Gasteiger charge is -2.22. The molecule has 0 unspecified atom stereocenters. The van der Waals surface area contributed by atoms with Crippen LogP contribution in [0, 0.1) is 0 Å². The number of nitrogens with zero attached hydrogens (tertiary/aromatic N) is 2. The van der Waals surface area contributed by atoms with E-state index in [9.17, 15) is 13.6 Å². The van der Waals surface area contributed by atoms with Gasteiger partial charge in [0.2, 0.25) is 0 Å². The van der Waals surface area contributed by atoms with Gasteiger partial charge < -0.3 is 14.5 Å². The molecular formula is C21H23F2N3O3. The number of para-hydroxylation sites is 2. The maximum Gasteiger partial charge on any atom is 0.387 e. The van der Waals surface area contributed by atoms with Gasteiger partial charge in [0, 0.05) is 12.1 Å². The zero-order valence-corrected chi connectivity index (χ0v) is 16.3. The minimum absolute atomic E-state index is 0.0303. The average molecular weight is 403 g/mol. The molecule has 154 valence electrons. The Kier molecular flexibility index (Phi) is 6.77. The van der Waals surface area contributed by atoms with E-state index in [4.69, 9.17) is 9.47 Å². The van der Waals surface area contributed by atoms with Crippen molar-refractivity contribution in [3.63, 3.8) is 0 Å². The van der Waals surface area contributed by atoms with Crippen LogP contribution < -0.4 is 15.0 Å². The van der Waals surface area contributed by atoms with Crippen molar-refractivity contribution in [2.75, 3.05) is 13.2 Å². The van der Waals surface area contributed by atoms with Gasteiger partial charge in [-0.3, -0.25) is 9.69 Å². The van der Waals surface area contributed by atoms with Crippen molar-refractivity contribution >= 4 is 10.9 Å². The van der Waals surface area contributed by atoms with Gasteiger partial charge in [-0.05, 0) is 31.7 Å². The fourth-order valence-electron chi connectivity index (χ4n) is 3.12. The second-order valence-electron chi connectivity index (χ2n) is 6.39. The van der Waals surface area contributed by atoms with Crippen molar-refractivity contribution in [1.29, 1.82) is 0 Å². The number of hydrogen-bond donors (Lipinski definition) is 1. The third-order valence-corrected chi connectivity index (χ3v) is 4.44. The van der Waals surface area contributed by atoms with Crippen LogP contribution in [-0.2, 0) is 13.1 Å². The number of ether oxygens (including phenoxy) is 2. The first-order chi connectivity index (χ1) is 14.0. The first-order valence-corrected chi connectivity index (χ1v) is 9.41. The molecule has 0 radical (unpaired) electrons. The lowest BCUT2D eigenvalue weighted by atomic mass is 10.1. The summed E-state index contributed by atoms with van der Waals surface area (Å²) in [6.45, 7) is 2.40. The van der Waals surface area contributed by atoms with Crippen LogP contribution >= 0.6 is 0 Å². The number of aromatic amines is 1. The second kappa shape index (κ2) is 9.47. The van der Waals surface area contributed by atoms with Crippen LogP contribution in [0.1, 0.15) is 25.2 Å². The van der Waals surface area contributed by atoms with Gasteiger partial charge in [0.25, 0.3) is 5.56 Å². The number of nitrogens with one attached hydrogen (secondary N) is 1. The van der Waals surface area contributed by atoms with Gasteiger partial charge in [-0.25, -0.2) is 4.98 Å². The topological polar surface area (TPSA) is 67.5 Å². The maximum absolute atomic E-state index is 12.9. The highest BCUT2D eigenvalue weighted by Crippen LogP contribution is 2.33. The minimum atomic E-state index is -2.95. The van der Waals surface area contributed by atoms with Crippen LogP contribution in [0.15, 0.2) is 47.3 Å². The molecule has 0 spiro atoms. The Morgan fingerprint density at radius 2 is 1.90 bits per heavy atom. The third-order valence-electron chi connectivity index (χ3n) is 4.44. The van der Waals surface area contributed by atoms with E-state index in [0.717, 1.165) is 0 Å². The Hall–Kier alpha value is -3.00. The molecule has 8 heteroatoms. The van der Waals surface area contributed by atoms with E-state index in [1.54, 1.807) is 43.3 Å². The second-order valence-corrected chi connectivity index (χ2v) is 6.39. The maximum atomic E-state index is 12.9. The van der Waals surface area contributed by atoms with Gasteiger partial charge >= 0.3 is 6.61 Å². The van der Waals surface area contributed by atoms with Crippen molar-refractivity contribution in [3.05, 3.63) is 64.2 Å². The van der Waals surface area contributed by atoms with Crippen molar-refractivity contribution < 1.29 is 18.3 Å². The Labute approximate surface area is 167 Å². The Bertz CT molecular complexity index is 1020. The Morgan fingerprint density at radius 3 is 2.62 bits per heavy atom. The van der Waals surface area contributed by atoms with Crippen LogP contribution in [0.3, 0.4) is 0 Å². The largest absolute Gasteiger partial charge is 0.490 e. The summed E-state index contributed by atoms with van der Waals surface area (Å²) in [4.78, 5) is 21.6. The van der Waals surface area contributed by atoms with E-state index in [2.05, 4.69) is 9.97 Å². The predicted molar refractivity (Wildman–Crippen MR) is 106 cm³/mol. The average Bonchev–Trinajstić information content (AvgIpc) is 2.69. The molecule has 1 aromatic heterocycles. The molecule has 2 aromatic carbocycles. The van der Waals surface area contributed by atoms with Crippen molar-refractivity contribution in [2.45, 2.75) is 33.5 Å². The minimum Gasteiger partial charge on any atom is -0.490 e. The van der Waals surface area contributed by atoms with E-state index in [-0.39, 0.29) is 17.1 Å². The first-order valence-electron chi connectivity index (χ1n) is 9.41. The normalized spacial score (nSPS) is 11.4. The molecule has 29 heavy (non-hydrogen) atoms. The summed E-state index contributed by atoms with van der Waals surface area (Å²) in [7, 11) is 0. The van der Waals surface area contributed by atoms with Crippen LogP contribution in [0.4, 0.5) is 8.78 Å². The zero-order valence-electron chi connectivity index (χ0n) is 16.3. The summed E-state index contributed by atoms with van der Waals surface area (Å²) in [5, 5.41) is 0.524. The van der Waals surface area contributed by atoms with Crippen LogP contribution in [0.25, 0.3) is 10.9 Å². The third kappa shape index (κ3) is 5.08. The fourth-order valence-corrected chi connectivity index (χ4v) is 3.12. The van der Waals surface area contributed by atoms with E-state index in [0.29, 0.717) is 48.5 Å². The molecule has 0 atom stereocenters. The van der Waals surface area contributed by atoms with Gasteiger partial charge in [-0.1, -0.05) is 31.2 Å². The Balaban J connectivity index is 1.87. The SMILES string of the molecule is CCOc1cccc(CN(CC)Cc2nc3ccccc3c(=O)[nH]2)c1OC(F)F. The van der Waals surface area contributed by atoms with E-state index >= 15 is 0 Å². The first kappa shape index (κ1) is 20.7. The highest BCUT2D eigenvalue weighted by molar-refractivity contribution is 5.77. The molecule has 3 aromatic rings. The van der Waals surface area contributed by atoms with Gasteiger partial charge in [-0.15, -0.1) is 0 Å². The molecule has 0 bridgehead atoms. The number of aromatic nitrogens is 2. The number of fused-ring (bicyclic) bond motifs is 1. The highest BCUT2D eigenvalue weighted by atomic mass is 19.3. The zero-order chi connectivity index (χ0) is 20.8. The smallest absolute Gasteiger partial charge is 0.387 e. The van der Waals surface area contributed by atoms with Gasteiger partial charge in [0.15, 0.2) is 11.5 Å². The number of rotatable bonds is 9. The summed E-state index contributed by atoms with van der Waals surface area (Å²) in [5.41, 5.74) is 0.977. The van der Waals surface area contributed by atoms with Gasteiger partial charge in [-0.2, -0.15) is 8.78 Å². The monoisotopic (exact) mass is 403 g/mol. The molecule has 0 saturated heterocycles. The predicted octanol–water partition coefficient (Wildman–Crippen LogP) is 3.95. The number of benzene rings is 2. The number of halogens is 2. The quantitative estimate of drug-likeness (QED) is 0.586. The molecular weight excluding hydrogens is 380 g/mol. The molecule has 6 nitrogen and oxygen atoms in total. The van der Waals surface area contributed by atoms with Crippen LogP contribution in [-0.4, -0.2) is 34.6 Å². The molecule has 0 amide bonds. The van der Waals surface area contributed by atoms with Crippen molar-refractivity contribution in [1.82, 2.24) is 14.9 Å². The van der Waals surface area contributed by atoms with Crippen LogP contribution in [0.5, 0.6) is 11.5 Å². The van der Waals surface area contributed by atoms with E-state index in [1.807, 2.05) is 17.9 Å². The lowest BCUT2D eigenvalue weighted by molar-refractivity contribution is -0.0524. The van der Waals surface area contributed by atoms with E-state index < -0.39 is 6.61 Å². The number of H-pyrrole nitrogens is 1. The number of hydrogen-bond acceptors (Lipinski definition) is 5. The summed E-state index contributed by atoms with van der Waals surface area (Å²) in [6, 6.07) is 12.2. The molecule has 0 aliphatic rings. The number of alkyl halides is 2. The van der Waals surface area contributed by atoms with E-state index in [1.165, 1.54) is 0 Å². The van der Waals surface area contributed by atoms with Gasteiger partial charge in [0.05, 0.1) is 24.1 Å².